The summed E-state index contributed by atoms with van der Waals surface area (Å²) in [6.45, 7) is 0. The molecule has 0 amide bonds. The summed E-state index contributed by atoms with van der Waals surface area (Å²) in [7, 11) is 1.09. The summed E-state index contributed by atoms with van der Waals surface area (Å²) in [6, 6.07) is 13.1. The first-order valence-corrected chi connectivity index (χ1v) is 7.91. The Morgan fingerprint density at radius 3 is 2.33 bits per heavy atom. The fourth-order valence-electron chi connectivity index (χ4n) is 3.08. The Bertz CT molecular complexity index is 570. The average molecular weight is 256 g/mol. The highest BCUT2D eigenvalue weighted by Crippen LogP contribution is 2.37. The van der Waals surface area contributed by atoms with Crippen LogP contribution in [-0.4, -0.2) is 15.3 Å². The lowest BCUT2D eigenvalue weighted by molar-refractivity contribution is -0.000506. The van der Waals surface area contributed by atoms with Crippen LogP contribution in [0.4, 0.5) is 0 Å². The number of rotatable bonds is 1. The van der Waals surface area contributed by atoms with Crippen molar-refractivity contribution in [2.75, 3.05) is 0 Å². The van der Waals surface area contributed by atoms with Gasteiger partial charge in [0.05, 0.1) is 5.60 Å². The van der Waals surface area contributed by atoms with E-state index in [4.69, 9.17) is 0 Å². The molecule has 3 rings (SSSR count). The van der Waals surface area contributed by atoms with Crippen molar-refractivity contribution in [1.82, 2.24) is 0 Å². The summed E-state index contributed by atoms with van der Waals surface area (Å²) in [4.78, 5) is 0. The minimum Gasteiger partial charge on any atom is -0.385 e. The zero-order valence-corrected chi connectivity index (χ0v) is 12.9. The van der Waals surface area contributed by atoms with Gasteiger partial charge in [-0.15, -0.1) is 0 Å². The Hall–Kier alpha value is -1.12. The van der Waals surface area contributed by atoms with Crippen molar-refractivity contribution in [2.24, 2.45) is 0 Å². The minimum absolute atomic E-state index is 0.577. The van der Waals surface area contributed by atoms with E-state index in [1.165, 1.54) is 22.4 Å². The maximum atomic E-state index is 10.8. The molecule has 2 aromatic carbocycles. The standard InChI is InChI=1S/C16H20OSi/c17-16(8-2-1-3-9-16)14-6-4-13-11-15(18)7-5-12(13)10-14/h4-7,10-11,17H,1-3,8-9H2,18H3. The Labute approximate surface area is 111 Å². The summed E-state index contributed by atoms with van der Waals surface area (Å²) >= 11 is 0. The highest BCUT2D eigenvalue weighted by Gasteiger charge is 2.30. The van der Waals surface area contributed by atoms with E-state index in [0.29, 0.717) is 0 Å². The van der Waals surface area contributed by atoms with Gasteiger partial charge in [0.15, 0.2) is 0 Å². The van der Waals surface area contributed by atoms with Crippen LogP contribution in [0.3, 0.4) is 0 Å². The van der Waals surface area contributed by atoms with Crippen LogP contribution in [0.25, 0.3) is 10.8 Å². The number of hydrogen-bond acceptors (Lipinski definition) is 1. The summed E-state index contributed by atoms with van der Waals surface area (Å²) in [6.07, 6.45) is 5.39. The molecule has 2 heteroatoms. The quantitative estimate of drug-likeness (QED) is 0.774. The predicted molar refractivity (Wildman–Crippen MR) is 80.5 cm³/mol. The Kier molecular flexibility index (Phi) is 3.00. The smallest absolute Gasteiger partial charge is 0.0896 e. The van der Waals surface area contributed by atoms with Gasteiger partial charge in [0.25, 0.3) is 0 Å². The molecule has 1 aliphatic carbocycles. The molecule has 18 heavy (non-hydrogen) atoms. The zero-order valence-electron chi connectivity index (χ0n) is 10.9. The van der Waals surface area contributed by atoms with Gasteiger partial charge < -0.3 is 5.11 Å². The van der Waals surface area contributed by atoms with Crippen molar-refractivity contribution in [1.29, 1.82) is 0 Å². The number of hydrogen-bond donors (Lipinski definition) is 1. The van der Waals surface area contributed by atoms with E-state index in [-0.39, 0.29) is 0 Å². The van der Waals surface area contributed by atoms with Gasteiger partial charge in [-0.3, -0.25) is 0 Å². The Morgan fingerprint density at radius 1 is 0.889 bits per heavy atom. The predicted octanol–water partition coefficient (Wildman–Crippen LogP) is 1.98. The molecule has 0 saturated heterocycles. The van der Waals surface area contributed by atoms with Gasteiger partial charge in [-0.1, -0.05) is 54.8 Å². The van der Waals surface area contributed by atoms with Crippen molar-refractivity contribution >= 4 is 26.2 Å². The first-order chi connectivity index (χ1) is 8.67. The summed E-state index contributed by atoms with van der Waals surface area (Å²) in [5.41, 5.74) is 0.530. The fourth-order valence-corrected chi connectivity index (χ4v) is 3.56. The van der Waals surface area contributed by atoms with Gasteiger partial charge in [0.2, 0.25) is 0 Å². The van der Waals surface area contributed by atoms with Crippen LogP contribution in [0.2, 0.25) is 0 Å². The van der Waals surface area contributed by atoms with E-state index in [2.05, 4.69) is 36.4 Å². The molecule has 1 fully saturated rings. The maximum absolute atomic E-state index is 10.8. The van der Waals surface area contributed by atoms with Crippen molar-refractivity contribution < 1.29 is 5.11 Å². The molecule has 0 spiro atoms. The van der Waals surface area contributed by atoms with Gasteiger partial charge in [-0.25, -0.2) is 0 Å². The topological polar surface area (TPSA) is 20.2 Å². The minimum atomic E-state index is -0.577. The number of benzene rings is 2. The van der Waals surface area contributed by atoms with Crippen molar-refractivity contribution in [2.45, 2.75) is 37.7 Å². The SMILES string of the molecule is OC1(c2ccc3cc([SiH3])ccc3c2)CCCCC1. The molecule has 0 radical (unpaired) electrons. The first-order valence-electron chi connectivity index (χ1n) is 6.91. The largest absolute Gasteiger partial charge is 0.385 e. The fraction of sp³-hybridized carbons (Fsp3) is 0.375. The van der Waals surface area contributed by atoms with Gasteiger partial charge in [0, 0.05) is 10.2 Å². The van der Waals surface area contributed by atoms with E-state index in [0.717, 1.165) is 41.5 Å². The van der Waals surface area contributed by atoms with Crippen LogP contribution < -0.4 is 5.19 Å². The second-order valence-electron chi connectivity index (χ2n) is 5.66. The molecule has 0 bridgehead atoms. The highest BCUT2D eigenvalue weighted by atomic mass is 28.1. The molecule has 1 nitrogen and oxygen atoms in total. The average Bonchev–Trinajstić information content (AvgIpc) is 2.39. The lowest BCUT2D eigenvalue weighted by Crippen LogP contribution is -2.28. The van der Waals surface area contributed by atoms with Crippen LogP contribution in [0.15, 0.2) is 36.4 Å². The van der Waals surface area contributed by atoms with Crippen LogP contribution in [0, 0.1) is 0 Å². The zero-order chi connectivity index (χ0) is 12.6. The van der Waals surface area contributed by atoms with E-state index >= 15 is 0 Å². The van der Waals surface area contributed by atoms with Crippen LogP contribution in [0.1, 0.15) is 37.7 Å². The summed E-state index contributed by atoms with van der Waals surface area (Å²) < 4.78 is 0. The third kappa shape index (κ3) is 2.11. The number of fused-ring (bicyclic) bond motifs is 1. The van der Waals surface area contributed by atoms with Crippen LogP contribution in [-0.2, 0) is 5.60 Å². The van der Waals surface area contributed by atoms with E-state index in [1.807, 2.05) is 0 Å². The third-order valence-corrected chi connectivity index (χ3v) is 4.84. The molecule has 0 atom stereocenters. The van der Waals surface area contributed by atoms with E-state index in [1.54, 1.807) is 0 Å². The second kappa shape index (κ2) is 4.52. The molecule has 1 saturated carbocycles. The monoisotopic (exact) mass is 256 g/mol. The van der Waals surface area contributed by atoms with Crippen LogP contribution >= 0.6 is 0 Å². The lowest BCUT2D eigenvalue weighted by atomic mass is 9.79. The molecule has 2 aromatic rings. The summed E-state index contributed by atoms with van der Waals surface area (Å²) in [5, 5.41) is 14.7. The van der Waals surface area contributed by atoms with E-state index < -0.39 is 5.60 Å². The molecule has 1 N–H and O–H groups in total. The highest BCUT2D eigenvalue weighted by molar-refractivity contribution is 6.33. The normalized spacial score (nSPS) is 19.2. The van der Waals surface area contributed by atoms with Crippen molar-refractivity contribution in [3.8, 4) is 0 Å². The molecular weight excluding hydrogens is 236 g/mol. The molecule has 0 heterocycles. The van der Waals surface area contributed by atoms with Gasteiger partial charge >= 0.3 is 0 Å². The molecule has 1 aliphatic rings. The molecule has 0 unspecified atom stereocenters. The third-order valence-electron chi connectivity index (χ3n) is 4.21. The van der Waals surface area contributed by atoms with Crippen molar-refractivity contribution in [3.05, 3.63) is 42.0 Å². The Balaban J connectivity index is 2.05. The molecular formula is C16H20OSi. The van der Waals surface area contributed by atoms with E-state index in [9.17, 15) is 5.11 Å². The second-order valence-corrected chi connectivity index (χ2v) is 6.81. The van der Waals surface area contributed by atoms with Gasteiger partial charge in [-0.2, -0.15) is 0 Å². The van der Waals surface area contributed by atoms with Gasteiger partial charge in [0.1, 0.15) is 0 Å². The molecule has 94 valence electrons. The number of aliphatic hydroxyl groups is 1. The first kappa shape index (κ1) is 11.9. The Morgan fingerprint density at radius 2 is 1.56 bits per heavy atom. The van der Waals surface area contributed by atoms with Gasteiger partial charge in [-0.05, 0) is 35.2 Å². The van der Waals surface area contributed by atoms with Crippen LogP contribution in [0.5, 0.6) is 0 Å². The lowest BCUT2D eigenvalue weighted by Gasteiger charge is -2.32. The molecule has 0 aliphatic heterocycles. The summed E-state index contributed by atoms with van der Waals surface area (Å²) in [5.74, 6) is 0. The van der Waals surface area contributed by atoms with Crippen molar-refractivity contribution in [3.63, 3.8) is 0 Å². The maximum Gasteiger partial charge on any atom is 0.0896 e. The molecule has 0 aromatic heterocycles.